The average Bonchev–Trinajstić information content (AvgIpc) is 3.17. The fourth-order valence-corrected chi connectivity index (χ4v) is 3.81. The number of thiophene rings is 1. The van der Waals surface area contributed by atoms with Gasteiger partial charge in [-0.25, -0.2) is 0 Å². The second-order valence-electron chi connectivity index (χ2n) is 5.55. The van der Waals surface area contributed by atoms with Crippen LogP contribution in [-0.4, -0.2) is 22.9 Å². The van der Waals surface area contributed by atoms with Crippen molar-refractivity contribution in [2.24, 2.45) is 0 Å². The number of fused-ring (bicyclic) bond motifs is 3. The largest absolute Gasteiger partial charge is 0.494 e. The molecule has 2 aromatic carbocycles. The van der Waals surface area contributed by atoms with Crippen molar-refractivity contribution in [2.75, 3.05) is 13.2 Å². The number of benzene rings is 2. The van der Waals surface area contributed by atoms with Crippen molar-refractivity contribution in [1.82, 2.24) is 4.57 Å². The highest BCUT2D eigenvalue weighted by Crippen LogP contribution is 2.40. The summed E-state index contributed by atoms with van der Waals surface area (Å²) in [6.45, 7) is 1.09. The summed E-state index contributed by atoms with van der Waals surface area (Å²) in [7, 11) is 0. The van der Waals surface area contributed by atoms with Crippen LogP contribution in [0.25, 0.3) is 26.5 Å². The highest BCUT2D eigenvalue weighted by atomic mass is 32.1. The predicted molar refractivity (Wildman–Crippen MR) is 91.3 cm³/mol. The Morgan fingerprint density at radius 1 is 0.957 bits per heavy atom. The predicted octanol–water partition coefficient (Wildman–Crippen LogP) is 4.32. The average molecular weight is 323 g/mol. The summed E-state index contributed by atoms with van der Waals surface area (Å²) < 4.78 is 14.3. The van der Waals surface area contributed by atoms with Gasteiger partial charge in [-0.15, -0.1) is 11.3 Å². The highest BCUT2D eigenvalue weighted by molar-refractivity contribution is 7.17. The number of aromatic nitrogens is 1. The quantitative estimate of drug-likeness (QED) is 0.567. The first-order chi connectivity index (χ1) is 11.3. The lowest BCUT2D eigenvalue weighted by atomic mass is 10.2. The van der Waals surface area contributed by atoms with E-state index in [1.807, 2.05) is 24.4 Å². The van der Waals surface area contributed by atoms with Crippen LogP contribution in [0.5, 0.6) is 17.4 Å². The monoisotopic (exact) mass is 323 g/mol. The summed E-state index contributed by atoms with van der Waals surface area (Å²) in [5, 5.41) is 15.6. The Morgan fingerprint density at radius 3 is 2.65 bits per heavy atom. The fourth-order valence-electron chi connectivity index (χ4n) is 3.04. The van der Waals surface area contributed by atoms with Gasteiger partial charge in [0.05, 0.1) is 0 Å². The van der Waals surface area contributed by atoms with Crippen molar-refractivity contribution in [3.8, 4) is 23.1 Å². The minimum absolute atomic E-state index is 0.214. The van der Waals surface area contributed by atoms with Crippen LogP contribution in [0, 0.1) is 0 Å². The topological polar surface area (TPSA) is 43.6 Å². The Hall–Kier alpha value is -2.66. The Balaban J connectivity index is 1.73. The summed E-state index contributed by atoms with van der Waals surface area (Å²) in [6, 6.07) is 12.0. The number of rotatable bonds is 1. The highest BCUT2D eigenvalue weighted by Gasteiger charge is 2.17. The zero-order valence-electron chi connectivity index (χ0n) is 12.2. The van der Waals surface area contributed by atoms with Crippen molar-refractivity contribution in [3.63, 3.8) is 0 Å². The van der Waals surface area contributed by atoms with Gasteiger partial charge < -0.3 is 14.6 Å². The number of aromatic hydroxyl groups is 1. The number of nitrogens with zero attached hydrogens (tertiary/aromatic N) is 1. The molecule has 114 valence electrons. The van der Waals surface area contributed by atoms with E-state index >= 15 is 0 Å². The summed E-state index contributed by atoms with van der Waals surface area (Å²) >= 11 is 1.71. The molecule has 2 aromatic heterocycles. The summed E-state index contributed by atoms with van der Waals surface area (Å²) in [6.07, 6.45) is 1.93. The van der Waals surface area contributed by atoms with Crippen LogP contribution in [0.4, 0.5) is 0 Å². The molecule has 0 aliphatic carbocycles. The fraction of sp³-hybridized carbons (Fsp3) is 0.111. The van der Waals surface area contributed by atoms with Gasteiger partial charge in [0.2, 0.25) is 5.88 Å². The molecule has 0 saturated heterocycles. The molecule has 0 spiro atoms. The minimum Gasteiger partial charge on any atom is -0.494 e. The maximum atomic E-state index is 10.6. The third-order valence-electron chi connectivity index (χ3n) is 4.17. The Kier molecular flexibility index (Phi) is 2.60. The van der Waals surface area contributed by atoms with E-state index in [-0.39, 0.29) is 5.88 Å². The lowest BCUT2D eigenvalue weighted by Crippen LogP contribution is -2.14. The van der Waals surface area contributed by atoms with Crippen molar-refractivity contribution in [3.05, 3.63) is 48.0 Å². The molecular weight excluding hydrogens is 310 g/mol. The van der Waals surface area contributed by atoms with E-state index in [0.717, 1.165) is 22.2 Å². The van der Waals surface area contributed by atoms with Gasteiger partial charge in [0, 0.05) is 27.4 Å². The maximum Gasteiger partial charge on any atom is 0.203 e. The number of hydrogen-bond donors (Lipinski definition) is 1. The second-order valence-corrected chi connectivity index (χ2v) is 6.50. The minimum atomic E-state index is 0.214. The maximum absolute atomic E-state index is 10.6. The molecule has 0 saturated carbocycles. The molecule has 1 aliphatic heterocycles. The van der Waals surface area contributed by atoms with Gasteiger partial charge in [-0.2, -0.15) is 0 Å². The first-order valence-corrected chi connectivity index (χ1v) is 8.29. The Morgan fingerprint density at radius 2 is 1.78 bits per heavy atom. The van der Waals surface area contributed by atoms with E-state index in [0.29, 0.717) is 19.0 Å². The van der Waals surface area contributed by atoms with Gasteiger partial charge in [-0.05, 0) is 47.2 Å². The molecule has 0 fully saturated rings. The Bertz CT molecular complexity index is 1050. The van der Waals surface area contributed by atoms with Crippen molar-refractivity contribution < 1.29 is 14.6 Å². The molecule has 0 unspecified atom stereocenters. The van der Waals surface area contributed by atoms with Gasteiger partial charge in [0.25, 0.3) is 0 Å². The molecule has 4 nitrogen and oxygen atoms in total. The molecular formula is C18H13NO3S. The van der Waals surface area contributed by atoms with Gasteiger partial charge in [-0.3, -0.25) is 4.57 Å². The van der Waals surface area contributed by atoms with Gasteiger partial charge >= 0.3 is 0 Å². The van der Waals surface area contributed by atoms with Gasteiger partial charge in [-0.1, -0.05) is 0 Å². The van der Waals surface area contributed by atoms with E-state index in [1.165, 1.54) is 10.1 Å². The molecule has 23 heavy (non-hydrogen) atoms. The smallest absolute Gasteiger partial charge is 0.203 e. The van der Waals surface area contributed by atoms with Crippen LogP contribution in [-0.2, 0) is 0 Å². The summed E-state index contributed by atoms with van der Waals surface area (Å²) in [5.41, 5.74) is 0.935. The van der Waals surface area contributed by atoms with E-state index in [9.17, 15) is 5.11 Å². The van der Waals surface area contributed by atoms with Crippen molar-refractivity contribution in [1.29, 1.82) is 0 Å². The van der Waals surface area contributed by atoms with E-state index < -0.39 is 0 Å². The zero-order valence-corrected chi connectivity index (χ0v) is 13.0. The SMILES string of the molecule is Oc1c2cc3c(cc2cn1-c1ccc2sccc2c1)OCCO3. The van der Waals surface area contributed by atoms with Crippen molar-refractivity contribution >= 4 is 32.2 Å². The van der Waals surface area contributed by atoms with Crippen LogP contribution < -0.4 is 9.47 Å². The van der Waals surface area contributed by atoms with E-state index in [2.05, 4.69) is 23.6 Å². The lowest BCUT2D eigenvalue weighted by Gasteiger charge is -2.18. The Labute approximate surface area is 136 Å². The lowest BCUT2D eigenvalue weighted by molar-refractivity contribution is 0.172. The van der Waals surface area contributed by atoms with E-state index in [4.69, 9.17) is 9.47 Å². The van der Waals surface area contributed by atoms with E-state index in [1.54, 1.807) is 15.9 Å². The molecule has 5 rings (SSSR count). The molecule has 0 atom stereocenters. The number of hydrogen-bond acceptors (Lipinski definition) is 4. The first-order valence-electron chi connectivity index (χ1n) is 7.41. The van der Waals surface area contributed by atoms with Gasteiger partial charge in [0.1, 0.15) is 13.2 Å². The van der Waals surface area contributed by atoms with Crippen LogP contribution in [0.1, 0.15) is 0 Å². The molecule has 0 bridgehead atoms. The van der Waals surface area contributed by atoms with Crippen LogP contribution >= 0.6 is 11.3 Å². The molecule has 1 aliphatic rings. The third-order valence-corrected chi connectivity index (χ3v) is 5.06. The standard InChI is InChI=1S/C18H13NO3S/c20-18-14-9-16-15(21-4-5-22-16)8-12(14)10-19(18)13-1-2-17-11(7-13)3-6-23-17/h1-3,6-10,20H,4-5H2. The van der Waals surface area contributed by atoms with Gasteiger partial charge in [0.15, 0.2) is 11.5 Å². The van der Waals surface area contributed by atoms with Crippen LogP contribution in [0.3, 0.4) is 0 Å². The molecule has 0 radical (unpaired) electrons. The van der Waals surface area contributed by atoms with Crippen LogP contribution in [0.15, 0.2) is 48.0 Å². The molecule has 3 heterocycles. The summed E-state index contributed by atoms with van der Waals surface area (Å²) in [4.78, 5) is 0. The first kappa shape index (κ1) is 12.8. The second kappa shape index (κ2) is 4.67. The zero-order chi connectivity index (χ0) is 15.4. The normalized spacial score (nSPS) is 13.7. The van der Waals surface area contributed by atoms with Crippen molar-refractivity contribution in [2.45, 2.75) is 0 Å². The summed E-state index contributed by atoms with van der Waals surface area (Å²) in [5.74, 6) is 1.63. The molecule has 5 heteroatoms. The molecule has 4 aromatic rings. The molecule has 0 amide bonds. The molecule has 1 N–H and O–H groups in total. The third kappa shape index (κ3) is 1.90. The van der Waals surface area contributed by atoms with Crippen LogP contribution in [0.2, 0.25) is 0 Å². The number of ether oxygens (including phenoxy) is 2.